The Balaban J connectivity index is 1.71. The van der Waals surface area contributed by atoms with E-state index in [0.717, 1.165) is 71.1 Å². The number of rotatable bonds is 8. The summed E-state index contributed by atoms with van der Waals surface area (Å²) in [7, 11) is 0. The molecule has 0 aromatic carbocycles. The zero-order valence-electron chi connectivity index (χ0n) is 18.7. The summed E-state index contributed by atoms with van der Waals surface area (Å²) in [6.07, 6.45) is 4.04. The molecule has 2 aliphatic rings. The second-order valence-electron chi connectivity index (χ2n) is 8.79. The minimum Gasteiger partial charge on any atom is -0.444 e. The monoisotopic (exact) mass is 412 g/mol. The second kappa shape index (κ2) is 12.2. The van der Waals surface area contributed by atoms with Crippen molar-refractivity contribution < 1.29 is 19.0 Å². The zero-order chi connectivity index (χ0) is 21.1. The molecule has 2 aliphatic heterocycles. The number of amides is 1. The summed E-state index contributed by atoms with van der Waals surface area (Å²) in [6.45, 7) is 13.8. The Morgan fingerprint density at radius 1 is 1.28 bits per heavy atom. The quantitative estimate of drug-likeness (QED) is 0.362. The molecule has 2 N–H and O–H groups in total. The molecule has 0 spiro atoms. The van der Waals surface area contributed by atoms with Crippen LogP contribution < -0.4 is 10.6 Å². The second-order valence-corrected chi connectivity index (χ2v) is 8.79. The first-order chi connectivity index (χ1) is 13.9. The van der Waals surface area contributed by atoms with E-state index in [9.17, 15) is 4.79 Å². The van der Waals surface area contributed by atoms with Gasteiger partial charge in [0.2, 0.25) is 0 Å². The number of guanidine groups is 1. The van der Waals surface area contributed by atoms with E-state index in [2.05, 4.69) is 17.6 Å². The average molecular weight is 413 g/mol. The third kappa shape index (κ3) is 9.67. The van der Waals surface area contributed by atoms with Crippen molar-refractivity contribution in [2.24, 2.45) is 10.9 Å². The van der Waals surface area contributed by atoms with Crippen LogP contribution in [0.3, 0.4) is 0 Å². The zero-order valence-corrected chi connectivity index (χ0v) is 18.7. The first-order valence-corrected chi connectivity index (χ1v) is 11.1. The van der Waals surface area contributed by atoms with Crippen LogP contribution in [0.5, 0.6) is 0 Å². The Morgan fingerprint density at radius 3 is 2.79 bits per heavy atom. The van der Waals surface area contributed by atoms with Crippen LogP contribution in [0.25, 0.3) is 0 Å². The third-order valence-corrected chi connectivity index (χ3v) is 4.88. The molecule has 0 aliphatic carbocycles. The molecule has 8 heteroatoms. The Labute approximate surface area is 175 Å². The minimum atomic E-state index is -0.460. The van der Waals surface area contributed by atoms with Crippen molar-refractivity contribution in [3.05, 3.63) is 0 Å². The van der Waals surface area contributed by atoms with Crippen molar-refractivity contribution in [1.29, 1.82) is 0 Å². The fourth-order valence-corrected chi connectivity index (χ4v) is 3.44. The Hall–Kier alpha value is -1.54. The molecular weight excluding hydrogens is 372 g/mol. The average Bonchev–Trinajstić information content (AvgIpc) is 3.18. The lowest BCUT2D eigenvalue weighted by Gasteiger charge is -2.33. The van der Waals surface area contributed by atoms with Crippen molar-refractivity contribution in [3.63, 3.8) is 0 Å². The maximum absolute atomic E-state index is 12.3. The number of carbonyl (C=O) groups excluding carboxylic acids is 1. The molecular formula is C21H40N4O4. The van der Waals surface area contributed by atoms with Crippen LogP contribution in [0, 0.1) is 5.92 Å². The number of piperidine rings is 1. The van der Waals surface area contributed by atoms with Gasteiger partial charge in [-0.25, -0.2) is 4.79 Å². The van der Waals surface area contributed by atoms with Crippen LogP contribution >= 0.6 is 0 Å². The predicted octanol–water partition coefficient (Wildman–Crippen LogP) is 2.38. The molecule has 2 rings (SSSR count). The summed E-state index contributed by atoms with van der Waals surface area (Å²) in [4.78, 5) is 18.9. The predicted molar refractivity (Wildman–Crippen MR) is 114 cm³/mol. The first-order valence-electron chi connectivity index (χ1n) is 11.1. The highest BCUT2D eigenvalue weighted by Gasteiger charge is 2.27. The first kappa shape index (κ1) is 23.7. The fraction of sp³-hybridized carbons (Fsp3) is 0.905. The van der Waals surface area contributed by atoms with Gasteiger partial charge in [-0.2, -0.15) is 0 Å². The molecule has 0 saturated carbocycles. The highest BCUT2D eigenvalue weighted by atomic mass is 16.6. The van der Waals surface area contributed by atoms with Gasteiger partial charge in [0.1, 0.15) is 5.60 Å². The summed E-state index contributed by atoms with van der Waals surface area (Å²) in [6, 6.07) is 0. The van der Waals surface area contributed by atoms with Crippen LogP contribution in [-0.2, 0) is 14.2 Å². The van der Waals surface area contributed by atoms with Gasteiger partial charge in [-0.1, -0.05) is 0 Å². The van der Waals surface area contributed by atoms with Gasteiger partial charge in [-0.15, -0.1) is 0 Å². The molecule has 2 atom stereocenters. The van der Waals surface area contributed by atoms with Gasteiger partial charge in [-0.3, -0.25) is 4.99 Å². The van der Waals surface area contributed by atoms with E-state index in [0.29, 0.717) is 19.0 Å². The molecule has 0 aromatic rings. The van der Waals surface area contributed by atoms with Crippen LogP contribution in [0.1, 0.15) is 53.4 Å². The number of hydrogen-bond donors (Lipinski definition) is 2. The number of likely N-dealkylation sites (tertiary alicyclic amines) is 1. The van der Waals surface area contributed by atoms with Gasteiger partial charge in [0.05, 0.1) is 12.7 Å². The summed E-state index contributed by atoms with van der Waals surface area (Å²) in [5.41, 5.74) is -0.460. The molecule has 29 heavy (non-hydrogen) atoms. The maximum Gasteiger partial charge on any atom is 0.410 e. The summed E-state index contributed by atoms with van der Waals surface area (Å²) >= 11 is 0. The number of nitrogens with zero attached hydrogens (tertiary/aromatic N) is 2. The lowest BCUT2D eigenvalue weighted by atomic mass is 9.98. The Bertz CT molecular complexity index is 515. The maximum atomic E-state index is 12.3. The van der Waals surface area contributed by atoms with Crippen molar-refractivity contribution in [1.82, 2.24) is 15.5 Å². The molecule has 168 valence electrons. The molecule has 0 radical (unpaired) electrons. The van der Waals surface area contributed by atoms with Crippen LogP contribution in [0.2, 0.25) is 0 Å². The number of ether oxygens (including phenoxy) is 3. The van der Waals surface area contributed by atoms with E-state index < -0.39 is 5.60 Å². The van der Waals surface area contributed by atoms with Crippen LogP contribution in [0.15, 0.2) is 4.99 Å². The molecule has 2 unspecified atom stereocenters. The van der Waals surface area contributed by atoms with Gasteiger partial charge < -0.3 is 29.7 Å². The SMILES string of the molecule is CCNC(=NCC1CCCN(C(=O)OC(C)(C)C)C1)NCCCOC1CCOC1. The van der Waals surface area contributed by atoms with E-state index in [1.807, 2.05) is 25.7 Å². The van der Waals surface area contributed by atoms with Gasteiger partial charge in [0.25, 0.3) is 0 Å². The molecule has 8 nitrogen and oxygen atoms in total. The van der Waals surface area contributed by atoms with Crippen molar-refractivity contribution in [2.45, 2.75) is 65.1 Å². The van der Waals surface area contributed by atoms with E-state index in [1.165, 1.54) is 0 Å². The minimum absolute atomic E-state index is 0.219. The normalized spacial score (nSPS) is 23.2. The third-order valence-electron chi connectivity index (χ3n) is 4.88. The van der Waals surface area contributed by atoms with Crippen molar-refractivity contribution >= 4 is 12.1 Å². The molecule has 2 heterocycles. The van der Waals surface area contributed by atoms with E-state index in [1.54, 1.807) is 0 Å². The van der Waals surface area contributed by atoms with Crippen molar-refractivity contribution in [3.8, 4) is 0 Å². The van der Waals surface area contributed by atoms with Crippen LogP contribution in [-0.4, -0.2) is 81.2 Å². The van der Waals surface area contributed by atoms with Gasteiger partial charge in [0, 0.05) is 45.9 Å². The number of aliphatic imine (C=N–C) groups is 1. The van der Waals surface area contributed by atoms with Crippen LogP contribution in [0.4, 0.5) is 4.79 Å². The summed E-state index contributed by atoms with van der Waals surface area (Å²) in [5.74, 6) is 1.18. The topological polar surface area (TPSA) is 84.4 Å². The van der Waals surface area contributed by atoms with E-state index >= 15 is 0 Å². The van der Waals surface area contributed by atoms with Gasteiger partial charge in [-0.05, 0) is 59.3 Å². The molecule has 1 amide bonds. The lowest BCUT2D eigenvalue weighted by molar-refractivity contribution is 0.0170. The van der Waals surface area contributed by atoms with E-state index in [4.69, 9.17) is 19.2 Å². The summed E-state index contributed by atoms with van der Waals surface area (Å²) < 4.78 is 16.6. The smallest absolute Gasteiger partial charge is 0.410 e. The Morgan fingerprint density at radius 2 is 2.10 bits per heavy atom. The van der Waals surface area contributed by atoms with Crippen molar-refractivity contribution in [2.75, 3.05) is 52.5 Å². The number of nitrogens with one attached hydrogen (secondary N) is 2. The fourth-order valence-electron chi connectivity index (χ4n) is 3.44. The standard InChI is InChI=1S/C21H40N4O4/c1-5-22-19(23-10-7-12-28-18-9-13-27-16-18)24-14-17-8-6-11-25(15-17)20(26)29-21(2,3)4/h17-18H,5-16H2,1-4H3,(H2,22,23,24). The molecule has 0 aromatic heterocycles. The Kier molecular flexibility index (Phi) is 10.0. The number of hydrogen-bond acceptors (Lipinski definition) is 5. The van der Waals surface area contributed by atoms with E-state index in [-0.39, 0.29) is 12.2 Å². The molecule has 2 fully saturated rings. The van der Waals surface area contributed by atoms with Gasteiger partial charge in [0.15, 0.2) is 5.96 Å². The highest BCUT2D eigenvalue weighted by Crippen LogP contribution is 2.19. The lowest BCUT2D eigenvalue weighted by Crippen LogP contribution is -2.44. The summed E-state index contributed by atoms with van der Waals surface area (Å²) in [5, 5.41) is 6.67. The highest BCUT2D eigenvalue weighted by molar-refractivity contribution is 5.79. The molecule has 2 saturated heterocycles. The largest absolute Gasteiger partial charge is 0.444 e. The molecule has 0 bridgehead atoms. The number of carbonyl (C=O) groups is 1. The van der Waals surface area contributed by atoms with Gasteiger partial charge >= 0.3 is 6.09 Å².